The Balaban J connectivity index is 1.83. The molecule has 1 aliphatic carbocycles. The monoisotopic (exact) mass is 227 g/mol. The topological polar surface area (TPSA) is 3.24 Å². The van der Waals surface area contributed by atoms with Gasteiger partial charge in [0.05, 0.1) is 0 Å². The molecule has 3 rings (SSSR count). The molecular weight excluding hydrogens is 206 g/mol. The van der Waals surface area contributed by atoms with Crippen LogP contribution in [0, 0.1) is 0 Å². The van der Waals surface area contributed by atoms with Crippen molar-refractivity contribution < 1.29 is 0 Å². The van der Waals surface area contributed by atoms with Gasteiger partial charge in [-0.05, 0) is 48.9 Å². The fraction of sp³-hybridized carbons (Fsp3) is 0.500. The van der Waals surface area contributed by atoms with Crippen molar-refractivity contribution in [3.05, 3.63) is 41.5 Å². The van der Waals surface area contributed by atoms with Crippen molar-refractivity contribution in [1.82, 2.24) is 4.90 Å². The first-order chi connectivity index (χ1) is 8.24. The van der Waals surface area contributed by atoms with Gasteiger partial charge >= 0.3 is 0 Å². The Bertz CT molecular complexity index is 443. The Morgan fingerprint density at radius 3 is 2.76 bits per heavy atom. The fourth-order valence-electron chi connectivity index (χ4n) is 2.91. The first kappa shape index (κ1) is 11.0. The summed E-state index contributed by atoms with van der Waals surface area (Å²) < 4.78 is 0. The van der Waals surface area contributed by atoms with E-state index in [1.54, 1.807) is 5.56 Å². The van der Waals surface area contributed by atoms with Gasteiger partial charge in [0.25, 0.3) is 0 Å². The fourth-order valence-corrected chi connectivity index (χ4v) is 2.91. The smallest absolute Gasteiger partial charge is 0.0239 e. The SMILES string of the molecule is C=C(C)c1ccc2c(c1)CN(C1CCC1)CC2. The van der Waals surface area contributed by atoms with Crippen LogP contribution >= 0.6 is 0 Å². The van der Waals surface area contributed by atoms with Crippen LogP contribution in [0.2, 0.25) is 0 Å². The minimum Gasteiger partial charge on any atom is -0.296 e. The molecular formula is C16H21N. The summed E-state index contributed by atoms with van der Waals surface area (Å²) in [6.07, 6.45) is 5.48. The van der Waals surface area contributed by atoms with Gasteiger partial charge in [0.2, 0.25) is 0 Å². The number of fused-ring (bicyclic) bond motifs is 1. The molecule has 90 valence electrons. The highest BCUT2D eigenvalue weighted by molar-refractivity contribution is 5.62. The molecule has 1 aromatic carbocycles. The van der Waals surface area contributed by atoms with Crippen LogP contribution in [0.15, 0.2) is 24.8 Å². The standard InChI is InChI=1S/C16H21N/c1-12(2)14-7-6-13-8-9-17(11-15(13)10-14)16-4-3-5-16/h6-7,10,16H,1,3-5,8-9,11H2,2H3. The second-order valence-corrected chi connectivity index (χ2v) is 5.57. The van der Waals surface area contributed by atoms with Gasteiger partial charge in [0, 0.05) is 19.1 Å². The molecule has 0 N–H and O–H groups in total. The molecule has 0 radical (unpaired) electrons. The molecule has 0 bridgehead atoms. The molecule has 1 nitrogen and oxygen atoms in total. The molecule has 2 aliphatic rings. The van der Waals surface area contributed by atoms with E-state index in [2.05, 4.69) is 36.6 Å². The summed E-state index contributed by atoms with van der Waals surface area (Å²) in [6, 6.07) is 7.75. The maximum atomic E-state index is 4.04. The summed E-state index contributed by atoms with van der Waals surface area (Å²) in [5.74, 6) is 0. The van der Waals surface area contributed by atoms with E-state index in [9.17, 15) is 0 Å². The third kappa shape index (κ3) is 2.04. The zero-order valence-electron chi connectivity index (χ0n) is 10.7. The van der Waals surface area contributed by atoms with Crippen molar-refractivity contribution >= 4 is 5.57 Å². The Morgan fingerprint density at radius 1 is 1.29 bits per heavy atom. The van der Waals surface area contributed by atoms with E-state index >= 15 is 0 Å². The molecule has 1 fully saturated rings. The zero-order valence-corrected chi connectivity index (χ0v) is 10.7. The predicted octanol–water partition coefficient (Wildman–Crippen LogP) is 3.63. The summed E-state index contributed by atoms with van der Waals surface area (Å²) in [7, 11) is 0. The lowest BCUT2D eigenvalue weighted by Crippen LogP contribution is -2.43. The van der Waals surface area contributed by atoms with Crippen LogP contribution in [-0.4, -0.2) is 17.5 Å². The van der Waals surface area contributed by atoms with Crippen molar-refractivity contribution in [3.8, 4) is 0 Å². The third-order valence-electron chi connectivity index (χ3n) is 4.33. The summed E-state index contributed by atoms with van der Waals surface area (Å²) in [4.78, 5) is 2.67. The van der Waals surface area contributed by atoms with Gasteiger partial charge in [0.1, 0.15) is 0 Å². The van der Waals surface area contributed by atoms with Crippen LogP contribution in [0.4, 0.5) is 0 Å². The Kier molecular flexibility index (Phi) is 2.79. The molecule has 1 aromatic rings. The summed E-state index contributed by atoms with van der Waals surface area (Å²) in [5, 5.41) is 0. The molecule has 1 aliphatic heterocycles. The lowest BCUT2D eigenvalue weighted by atomic mass is 9.88. The highest BCUT2D eigenvalue weighted by atomic mass is 15.2. The minimum absolute atomic E-state index is 0.872. The van der Waals surface area contributed by atoms with E-state index in [-0.39, 0.29) is 0 Å². The van der Waals surface area contributed by atoms with E-state index in [0.29, 0.717) is 0 Å². The van der Waals surface area contributed by atoms with Gasteiger partial charge in [-0.1, -0.05) is 30.7 Å². The zero-order chi connectivity index (χ0) is 11.8. The first-order valence-electron chi connectivity index (χ1n) is 6.76. The molecule has 1 heterocycles. The highest BCUT2D eigenvalue weighted by Crippen LogP contribution is 2.30. The number of allylic oxidation sites excluding steroid dienone is 1. The molecule has 1 saturated carbocycles. The average molecular weight is 227 g/mol. The van der Waals surface area contributed by atoms with E-state index in [4.69, 9.17) is 0 Å². The van der Waals surface area contributed by atoms with Gasteiger partial charge in [-0.2, -0.15) is 0 Å². The molecule has 0 aromatic heterocycles. The van der Waals surface area contributed by atoms with Crippen molar-refractivity contribution in [1.29, 1.82) is 0 Å². The van der Waals surface area contributed by atoms with E-state index in [1.807, 2.05) is 0 Å². The largest absolute Gasteiger partial charge is 0.296 e. The van der Waals surface area contributed by atoms with Crippen molar-refractivity contribution in [3.63, 3.8) is 0 Å². The number of hydrogen-bond donors (Lipinski definition) is 0. The van der Waals surface area contributed by atoms with Gasteiger partial charge in [-0.15, -0.1) is 0 Å². The molecule has 0 saturated heterocycles. The molecule has 0 amide bonds. The number of hydrogen-bond acceptors (Lipinski definition) is 1. The van der Waals surface area contributed by atoms with Crippen LogP contribution in [0.25, 0.3) is 5.57 Å². The van der Waals surface area contributed by atoms with Gasteiger partial charge < -0.3 is 0 Å². The second kappa shape index (κ2) is 4.30. The van der Waals surface area contributed by atoms with E-state index in [0.717, 1.165) is 12.6 Å². The lowest BCUT2D eigenvalue weighted by molar-refractivity contribution is 0.113. The van der Waals surface area contributed by atoms with Crippen LogP contribution < -0.4 is 0 Å². The minimum atomic E-state index is 0.872. The van der Waals surface area contributed by atoms with Gasteiger partial charge in [0.15, 0.2) is 0 Å². The third-order valence-corrected chi connectivity index (χ3v) is 4.33. The number of nitrogens with zero attached hydrogens (tertiary/aromatic N) is 1. The van der Waals surface area contributed by atoms with Crippen molar-refractivity contribution in [2.24, 2.45) is 0 Å². The summed E-state index contributed by atoms with van der Waals surface area (Å²) >= 11 is 0. The Labute approximate surface area is 104 Å². The molecule has 1 heteroatoms. The van der Waals surface area contributed by atoms with Gasteiger partial charge in [-0.3, -0.25) is 4.90 Å². The van der Waals surface area contributed by atoms with Crippen molar-refractivity contribution in [2.45, 2.75) is 45.2 Å². The maximum absolute atomic E-state index is 4.04. The number of benzene rings is 1. The molecule has 0 unspecified atom stereocenters. The normalized spacial score (nSPS) is 20.8. The summed E-state index contributed by atoms with van der Waals surface area (Å²) in [6.45, 7) is 8.54. The Morgan fingerprint density at radius 2 is 2.12 bits per heavy atom. The average Bonchev–Trinajstić information content (AvgIpc) is 2.25. The quantitative estimate of drug-likeness (QED) is 0.745. The van der Waals surface area contributed by atoms with E-state index in [1.165, 1.54) is 48.9 Å². The first-order valence-corrected chi connectivity index (χ1v) is 6.76. The van der Waals surface area contributed by atoms with Crippen molar-refractivity contribution in [2.75, 3.05) is 6.54 Å². The van der Waals surface area contributed by atoms with Crippen LogP contribution in [-0.2, 0) is 13.0 Å². The van der Waals surface area contributed by atoms with E-state index < -0.39 is 0 Å². The predicted molar refractivity (Wildman–Crippen MR) is 72.9 cm³/mol. The summed E-state index contributed by atoms with van der Waals surface area (Å²) in [5.41, 5.74) is 5.56. The second-order valence-electron chi connectivity index (χ2n) is 5.57. The lowest BCUT2D eigenvalue weighted by Gasteiger charge is -2.40. The molecule has 17 heavy (non-hydrogen) atoms. The number of rotatable bonds is 2. The van der Waals surface area contributed by atoms with Gasteiger partial charge in [-0.25, -0.2) is 0 Å². The molecule has 0 atom stereocenters. The maximum Gasteiger partial charge on any atom is 0.0239 e. The van der Waals surface area contributed by atoms with Crippen LogP contribution in [0.1, 0.15) is 42.9 Å². The van der Waals surface area contributed by atoms with Crippen LogP contribution in [0.3, 0.4) is 0 Å². The highest BCUT2D eigenvalue weighted by Gasteiger charge is 2.27. The Hall–Kier alpha value is -1.08. The van der Waals surface area contributed by atoms with Crippen LogP contribution in [0.5, 0.6) is 0 Å². The molecule has 0 spiro atoms.